The first-order valence-electron chi connectivity index (χ1n) is 10.6. The molecular weight excluding hydrogens is 362 g/mol. The molecule has 0 bridgehead atoms. The number of methoxy groups -OCH3 is 1. The number of ether oxygens (including phenoxy) is 1. The van der Waals surface area contributed by atoms with Gasteiger partial charge < -0.3 is 15.0 Å². The van der Waals surface area contributed by atoms with Crippen molar-refractivity contribution in [1.29, 1.82) is 0 Å². The van der Waals surface area contributed by atoms with E-state index < -0.39 is 0 Å². The van der Waals surface area contributed by atoms with Crippen LogP contribution in [0.4, 0.5) is 5.69 Å². The predicted molar refractivity (Wildman–Crippen MR) is 119 cm³/mol. The van der Waals surface area contributed by atoms with Crippen molar-refractivity contribution in [3.05, 3.63) is 60.2 Å². The van der Waals surface area contributed by atoms with Gasteiger partial charge in [0.15, 0.2) is 0 Å². The summed E-state index contributed by atoms with van der Waals surface area (Å²) in [5.74, 6) is 1.36. The van der Waals surface area contributed by atoms with Gasteiger partial charge in [-0.1, -0.05) is 37.3 Å². The van der Waals surface area contributed by atoms with Crippen molar-refractivity contribution in [2.24, 2.45) is 0 Å². The molecule has 5 heteroatoms. The lowest BCUT2D eigenvalue weighted by Gasteiger charge is -2.38. The summed E-state index contributed by atoms with van der Waals surface area (Å²) in [4.78, 5) is 17.4. The number of carbonyl (C=O) groups is 1. The number of hydrogen-bond donors (Lipinski definition) is 1. The van der Waals surface area contributed by atoms with Gasteiger partial charge in [0.1, 0.15) is 5.75 Å². The monoisotopic (exact) mass is 395 g/mol. The normalized spacial score (nSPS) is 16.9. The van der Waals surface area contributed by atoms with Crippen molar-refractivity contribution in [1.82, 2.24) is 10.2 Å². The summed E-state index contributed by atoms with van der Waals surface area (Å²) in [5.41, 5.74) is 2.49. The third kappa shape index (κ3) is 5.51. The second-order valence-corrected chi connectivity index (χ2v) is 7.66. The molecule has 1 aliphatic heterocycles. The maximum absolute atomic E-state index is 12.7. The number of piperazine rings is 1. The van der Waals surface area contributed by atoms with E-state index >= 15 is 0 Å². The molecule has 29 heavy (non-hydrogen) atoms. The van der Waals surface area contributed by atoms with E-state index in [0.717, 1.165) is 38.3 Å². The Morgan fingerprint density at radius 2 is 1.69 bits per heavy atom. The van der Waals surface area contributed by atoms with E-state index in [2.05, 4.69) is 58.4 Å². The van der Waals surface area contributed by atoms with Gasteiger partial charge in [0.25, 0.3) is 0 Å². The van der Waals surface area contributed by atoms with Gasteiger partial charge in [0.05, 0.1) is 13.2 Å². The highest BCUT2D eigenvalue weighted by Gasteiger charge is 2.26. The first-order chi connectivity index (χ1) is 14.1. The van der Waals surface area contributed by atoms with Gasteiger partial charge >= 0.3 is 0 Å². The molecule has 1 saturated heterocycles. The summed E-state index contributed by atoms with van der Waals surface area (Å²) in [5, 5.41) is 3.18. The van der Waals surface area contributed by atoms with Gasteiger partial charge in [0.2, 0.25) is 5.91 Å². The van der Waals surface area contributed by atoms with Crippen LogP contribution in [0, 0.1) is 0 Å². The minimum absolute atomic E-state index is 0.110. The van der Waals surface area contributed by atoms with E-state index in [9.17, 15) is 4.79 Å². The Morgan fingerprint density at radius 1 is 1.03 bits per heavy atom. The van der Waals surface area contributed by atoms with Crippen molar-refractivity contribution < 1.29 is 9.53 Å². The summed E-state index contributed by atoms with van der Waals surface area (Å²) in [6.07, 6.45) is 1.01. The molecule has 2 atom stereocenters. The zero-order valence-corrected chi connectivity index (χ0v) is 17.8. The number of nitrogens with zero attached hydrogens (tertiary/aromatic N) is 2. The molecule has 0 spiro atoms. The Labute approximate surface area is 174 Å². The molecule has 5 nitrogen and oxygen atoms in total. The first-order valence-corrected chi connectivity index (χ1v) is 10.6. The van der Waals surface area contributed by atoms with Crippen molar-refractivity contribution in [3.63, 3.8) is 0 Å². The van der Waals surface area contributed by atoms with Crippen molar-refractivity contribution in [3.8, 4) is 5.75 Å². The van der Waals surface area contributed by atoms with Crippen molar-refractivity contribution in [2.45, 2.75) is 32.2 Å². The van der Waals surface area contributed by atoms with Crippen LogP contribution in [-0.2, 0) is 4.79 Å². The SMILES string of the molecule is CC[C@H](CNC(=O)[C@@H](C)N1CCN(c2ccc(OC)cc2)CC1)c1ccccc1. The standard InChI is InChI=1S/C24H33N3O2/c1-4-20(21-8-6-5-7-9-21)18-25-24(28)19(2)26-14-16-27(17-15-26)22-10-12-23(29-3)13-11-22/h5-13,19-20H,4,14-18H2,1-3H3,(H,25,28)/t19-,20-/m1/s1. The third-order valence-electron chi connectivity index (χ3n) is 5.97. The molecule has 0 unspecified atom stereocenters. The third-order valence-corrected chi connectivity index (χ3v) is 5.97. The smallest absolute Gasteiger partial charge is 0.237 e. The number of hydrogen-bond acceptors (Lipinski definition) is 4. The molecule has 0 aromatic heterocycles. The minimum atomic E-state index is -0.110. The minimum Gasteiger partial charge on any atom is -0.497 e. The van der Waals surface area contributed by atoms with Crippen LogP contribution < -0.4 is 15.0 Å². The Kier molecular flexibility index (Phi) is 7.53. The zero-order valence-electron chi connectivity index (χ0n) is 17.8. The van der Waals surface area contributed by atoms with Crippen LogP contribution in [-0.4, -0.2) is 56.7 Å². The lowest BCUT2D eigenvalue weighted by Crippen LogP contribution is -2.54. The number of benzene rings is 2. The molecule has 0 aliphatic carbocycles. The van der Waals surface area contributed by atoms with Crippen LogP contribution in [0.25, 0.3) is 0 Å². The summed E-state index contributed by atoms with van der Waals surface area (Å²) in [7, 11) is 1.68. The second-order valence-electron chi connectivity index (χ2n) is 7.66. The topological polar surface area (TPSA) is 44.8 Å². The van der Waals surface area contributed by atoms with Gasteiger partial charge in [-0.25, -0.2) is 0 Å². The fraction of sp³-hybridized carbons (Fsp3) is 0.458. The van der Waals surface area contributed by atoms with Gasteiger partial charge in [-0.15, -0.1) is 0 Å². The largest absolute Gasteiger partial charge is 0.497 e. The highest BCUT2D eigenvalue weighted by Crippen LogP contribution is 2.21. The fourth-order valence-electron chi connectivity index (χ4n) is 3.92. The van der Waals surface area contributed by atoms with E-state index in [1.807, 2.05) is 25.1 Å². The number of nitrogens with one attached hydrogen (secondary N) is 1. The highest BCUT2D eigenvalue weighted by molar-refractivity contribution is 5.81. The highest BCUT2D eigenvalue weighted by atomic mass is 16.5. The van der Waals surface area contributed by atoms with Crippen LogP contribution in [0.15, 0.2) is 54.6 Å². The van der Waals surface area contributed by atoms with Gasteiger partial charge in [-0.3, -0.25) is 9.69 Å². The number of amides is 1. The summed E-state index contributed by atoms with van der Waals surface area (Å²) < 4.78 is 5.24. The molecule has 2 aromatic rings. The summed E-state index contributed by atoms with van der Waals surface area (Å²) in [6, 6.07) is 18.5. The summed E-state index contributed by atoms with van der Waals surface area (Å²) in [6.45, 7) is 8.49. The predicted octanol–water partition coefficient (Wildman–Crippen LogP) is 3.52. The average Bonchev–Trinajstić information content (AvgIpc) is 2.79. The van der Waals surface area contributed by atoms with Crippen LogP contribution in [0.5, 0.6) is 5.75 Å². The molecule has 3 rings (SSSR count). The molecule has 156 valence electrons. The Bertz CT molecular complexity index is 755. The molecule has 1 N–H and O–H groups in total. The van der Waals surface area contributed by atoms with E-state index in [-0.39, 0.29) is 11.9 Å². The fourth-order valence-corrected chi connectivity index (χ4v) is 3.92. The van der Waals surface area contributed by atoms with Crippen LogP contribution in [0.2, 0.25) is 0 Å². The van der Waals surface area contributed by atoms with Crippen LogP contribution in [0.1, 0.15) is 31.7 Å². The lowest BCUT2D eigenvalue weighted by atomic mass is 9.96. The number of carbonyl (C=O) groups excluding carboxylic acids is 1. The lowest BCUT2D eigenvalue weighted by molar-refractivity contribution is -0.126. The molecular formula is C24H33N3O2. The Balaban J connectivity index is 1.48. The maximum Gasteiger partial charge on any atom is 0.237 e. The molecule has 2 aromatic carbocycles. The van der Waals surface area contributed by atoms with E-state index in [0.29, 0.717) is 12.5 Å². The van der Waals surface area contributed by atoms with Gasteiger partial charge in [0, 0.05) is 44.3 Å². The van der Waals surface area contributed by atoms with Crippen LogP contribution in [0.3, 0.4) is 0 Å². The molecule has 1 amide bonds. The molecule has 1 fully saturated rings. The van der Waals surface area contributed by atoms with Crippen molar-refractivity contribution in [2.75, 3.05) is 44.7 Å². The number of anilines is 1. The van der Waals surface area contributed by atoms with E-state index in [4.69, 9.17) is 4.74 Å². The average molecular weight is 396 g/mol. The quantitative estimate of drug-likeness (QED) is 0.743. The van der Waals surface area contributed by atoms with E-state index in [1.54, 1.807) is 7.11 Å². The zero-order chi connectivity index (χ0) is 20.6. The molecule has 1 heterocycles. The maximum atomic E-state index is 12.7. The molecule has 0 radical (unpaired) electrons. The molecule has 1 aliphatic rings. The molecule has 0 saturated carbocycles. The van der Waals surface area contributed by atoms with Gasteiger partial charge in [-0.2, -0.15) is 0 Å². The van der Waals surface area contributed by atoms with Gasteiger partial charge in [-0.05, 0) is 43.2 Å². The summed E-state index contributed by atoms with van der Waals surface area (Å²) >= 11 is 0. The number of rotatable bonds is 8. The van der Waals surface area contributed by atoms with Crippen LogP contribution >= 0.6 is 0 Å². The Morgan fingerprint density at radius 3 is 2.28 bits per heavy atom. The first kappa shape index (κ1) is 21.2. The Hall–Kier alpha value is -2.53. The van der Waals surface area contributed by atoms with Crippen molar-refractivity contribution >= 4 is 11.6 Å². The van der Waals surface area contributed by atoms with E-state index in [1.165, 1.54) is 11.3 Å². The second kappa shape index (κ2) is 10.3.